The first-order valence-corrected chi connectivity index (χ1v) is 8.21. The van der Waals surface area contributed by atoms with Crippen LogP contribution < -0.4 is 4.74 Å². The van der Waals surface area contributed by atoms with E-state index in [2.05, 4.69) is 4.74 Å². The van der Waals surface area contributed by atoms with Crippen LogP contribution in [0, 0.1) is 0 Å². The maximum atomic E-state index is 12.4. The second-order valence-electron chi connectivity index (χ2n) is 5.69. The zero-order chi connectivity index (χ0) is 19.1. The fraction of sp³-hybridized carbons (Fsp3) is 0.167. The molecule has 0 aliphatic rings. The Morgan fingerprint density at radius 3 is 2.54 bits per heavy atom. The van der Waals surface area contributed by atoms with E-state index in [1.807, 2.05) is 6.07 Å². The molecule has 0 aliphatic carbocycles. The molecule has 136 valence electrons. The number of aldehydes is 1. The number of ether oxygens (including phenoxy) is 1. The van der Waals surface area contributed by atoms with Gasteiger partial charge in [-0.3, -0.25) is 4.79 Å². The van der Waals surface area contributed by atoms with Crippen LogP contribution in [0.15, 0.2) is 36.4 Å². The standard InChI is InChI=1S/C18H12Cl2F3NO2/c1-24-12(7-14-15(19)5-3-11(9-25)17(14)20)6-10-2-4-13(8-16(10)24)26-18(21,22)23/h2-6,8-9H,7H2,1H3. The summed E-state index contributed by atoms with van der Waals surface area (Å²) in [5, 5.41) is 1.42. The van der Waals surface area contributed by atoms with Crippen LogP contribution in [0.1, 0.15) is 21.6 Å². The summed E-state index contributed by atoms with van der Waals surface area (Å²) in [4.78, 5) is 11.1. The van der Waals surface area contributed by atoms with E-state index in [9.17, 15) is 18.0 Å². The van der Waals surface area contributed by atoms with Crippen LogP contribution in [0.2, 0.25) is 10.0 Å². The van der Waals surface area contributed by atoms with Crippen molar-refractivity contribution >= 4 is 40.4 Å². The van der Waals surface area contributed by atoms with Crippen LogP contribution in [0.25, 0.3) is 10.9 Å². The number of carbonyl (C=O) groups is 1. The highest BCUT2D eigenvalue weighted by Gasteiger charge is 2.31. The molecule has 0 fully saturated rings. The summed E-state index contributed by atoms with van der Waals surface area (Å²) >= 11 is 12.4. The molecule has 0 atom stereocenters. The minimum absolute atomic E-state index is 0.263. The topological polar surface area (TPSA) is 31.2 Å². The Morgan fingerprint density at radius 1 is 1.15 bits per heavy atom. The van der Waals surface area contributed by atoms with Crippen molar-refractivity contribution in [3.05, 3.63) is 63.3 Å². The molecule has 0 radical (unpaired) electrons. The molecule has 0 N–H and O–H groups in total. The summed E-state index contributed by atoms with van der Waals surface area (Å²) in [5.41, 5.74) is 2.25. The molecule has 3 aromatic rings. The predicted octanol–water partition coefficient (Wildman–Crippen LogP) is 5.79. The molecule has 1 heterocycles. The third kappa shape index (κ3) is 3.66. The number of alkyl halides is 3. The average molecular weight is 402 g/mol. The van der Waals surface area contributed by atoms with Crippen LogP contribution in [0.3, 0.4) is 0 Å². The Kier molecular flexibility index (Phi) is 4.90. The van der Waals surface area contributed by atoms with Crippen molar-refractivity contribution in [3.63, 3.8) is 0 Å². The molecule has 0 unspecified atom stereocenters. The first-order valence-electron chi connectivity index (χ1n) is 7.46. The minimum Gasteiger partial charge on any atom is -0.406 e. The van der Waals surface area contributed by atoms with E-state index >= 15 is 0 Å². The monoisotopic (exact) mass is 401 g/mol. The summed E-state index contributed by atoms with van der Waals surface area (Å²) in [6, 6.07) is 9.07. The second-order valence-corrected chi connectivity index (χ2v) is 6.47. The highest BCUT2D eigenvalue weighted by molar-refractivity contribution is 6.37. The second kappa shape index (κ2) is 6.85. The van der Waals surface area contributed by atoms with Crippen molar-refractivity contribution in [2.75, 3.05) is 0 Å². The van der Waals surface area contributed by atoms with Crippen molar-refractivity contribution in [1.29, 1.82) is 0 Å². The number of hydrogen-bond acceptors (Lipinski definition) is 2. The predicted molar refractivity (Wildman–Crippen MR) is 94.3 cm³/mol. The minimum atomic E-state index is -4.75. The molecular formula is C18H12Cl2F3NO2. The number of hydrogen-bond donors (Lipinski definition) is 0. The van der Waals surface area contributed by atoms with E-state index in [-0.39, 0.29) is 10.8 Å². The van der Waals surface area contributed by atoms with Gasteiger partial charge in [0.2, 0.25) is 0 Å². The molecule has 0 bridgehead atoms. The Hall–Kier alpha value is -2.18. The lowest BCUT2D eigenvalue weighted by molar-refractivity contribution is -0.274. The fourth-order valence-electron chi connectivity index (χ4n) is 2.78. The zero-order valence-electron chi connectivity index (χ0n) is 13.4. The summed E-state index contributed by atoms with van der Waals surface area (Å²) in [6.45, 7) is 0. The van der Waals surface area contributed by atoms with Crippen LogP contribution in [0.4, 0.5) is 13.2 Å². The summed E-state index contributed by atoms with van der Waals surface area (Å²) < 4.78 is 42.9. The smallest absolute Gasteiger partial charge is 0.406 e. The van der Waals surface area contributed by atoms with Gasteiger partial charge in [0.25, 0.3) is 0 Å². The highest BCUT2D eigenvalue weighted by atomic mass is 35.5. The summed E-state index contributed by atoms with van der Waals surface area (Å²) in [6.07, 6.45) is -3.79. The molecule has 2 aromatic carbocycles. The molecule has 0 aliphatic heterocycles. The van der Waals surface area contributed by atoms with Gasteiger partial charge in [-0.1, -0.05) is 23.2 Å². The van der Waals surface area contributed by atoms with Crippen molar-refractivity contribution in [2.45, 2.75) is 12.8 Å². The van der Waals surface area contributed by atoms with E-state index in [4.69, 9.17) is 23.2 Å². The molecule has 0 amide bonds. The van der Waals surface area contributed by atoms with Gasteiger partial charge in [0.15, 0.2) is 6.29 Å². The van der Waals surface area contributed by atoms with E-state index in [1.54, 1.807) is 23.7 Å². The van der Waals surface area contributed by atoms with Gasteiger partial charge in [0.05, 0.1) is 10.5 Å². The van der Waals surface area contributed by atoms with E-state index in [1.165, 1.54) is 18.2 Å². The van der Waals surface area contributed by atoms with Gasteiger partial charge in [0.1, 0.15) is 5.75 Å². The summed E-state index contributed by atoms with van der Waals surface area (Å²) in [7, 11) is 1.72. The number of benzene rings is 2. The number of carbonyl (C=O) groups excluding carboxylic acids is 1. The quantitative estimate of drug-likeness (QED) is 0.518. The number of halogens is 5. The van der Waals surface area contributed by atoms with Crippen LogP contribution in [0.5, 0.6) is 5.75 Å². The number of aromatic nitrogens is 1. The SMILES string of the molecule is Cn1c(Cc2c(Cl)ccc(C=O)c2Cl)cc2ccc(OC(F)(F)F)cc21. The van der Waals surface area contributed by atoms with Gasteiger partial charge in [-0.2, -0.15) is 0 Å². The Labute approximate surface area is 156 Å². The number of rotatable bonds is 4. The lowest BCUT2D eigenvalue weighted by atomic mass is 10.1. The third-order valence-electron chi connectivity index (χ3n) is 4.05. The van der Waals surface area contributed by atoms with Crippen molar-refractivity contribution in [2.24, 2.45) is 7.05 Å². The Morgan fingerprint density at radius 2 is 1.88 bits per heavy atom. The maximum absolute atomic E-state index is 12.4. The Balaban J connectivity index is 2.02. The molecule has 3 rings (SSSR count). The average Bonchev–Trinajstić information content (AvgIpc) is 2.86. The number of fused-ring (bicyclic) bond motifs is 1. The number of aryl methyl sites for hydroxylation is 1. The molecular weight excluding hydrogens is 390 g/mol. The van der Waals surface area contributed by atoms with E-state index < -0.39 is 6.36 Å². The van der Waals surface area contributed by atoms with Crippen LogP contribution >= 0.6 is 23.2 Å². The zero-order valence-corrected chi connectivity index (χ0v) is 14.9. The molecule has 26 heavy (non-hydrogen) atoms. The van der Waals surface area contributed by atoms with Crippen molar-refractivity contribution < 1.29 is 22.7 Å². The van der Waals surface area contributed by atoms with Gasteiger partial charge in [-0.15, -0.1) is 13.2 Å². The highest BCUT2D eigenvalue weighted by Crippen LogP contribution is 2.32. The molecule has 0 spiro atoms. The van der Waals surface area contributed by atoms with Gasteiger partial charge in [-0.25, -0.2) is 0 Å². The molecule has 1 aromatic heterocycles. The lowest BCUT2D eigenvalue weighted by Gasteiger charge is -2.11. The normalized spacial score (nSPS) is 11.8. The van der Waals surface area contributed by atoms with Gasteiger partial charge in [0, 0.05) is 41.2 Å². The fourth-order valence-corrected chi connectivity index (χ4v) is 3.33. The molecule has 8 heteroatoms. The van der Waals surface area contributed by atoms with Gasteiger partial charge in [-0.05, 0) is 35.9 Å². The third-order valence-corrected chi connectivity index (χ3v) is 4.85. The molecule has 3 nitrogen and oxygen atoms in total. The molecule has 0 saturated heterocycles. The van der Waals surface area contributed by atoms with Crippen LogP contribution in [-0.2, 0) is 13.5 Å². The first kappa shape index (κ1) is 18.6. The maximum Gasteiger partial charge on any atom is 0.573 e. The number of nitrogens with zero attached hydrogens (tertiary/aromatic N) is 1. The van der Waals surface area contributed by atoms with Gasteiger partial charge < -0.3 is 9.30 Å². The van der Waals surface area contributed by atoms with Gasteiger partial charge >= 0.3 is 6.36 Å². The largest absolute Gasteiger partial charge is 0.573 e. The summed E-state index contributed by atoms with van der Waals surface area (Å²) in [5.74, 6) is -0.295. The van der Waals surface area contributed by atoms with E-state index in [0.717, 1.165) is 11.1 Å². The Bertz CT molecular complexity index is 996. The van der Waals surface area contributed by atoms with E-state index in [0.29, 0.717) is 34.4 Å². The van der Waals surface area contributed by atoms with Crippen molar-refractivity contribution in [1.82, 2.24) is 4.57 Å². The van der Waals surface area contributed by atoms with Crippen molar-refractivity contribution in [3.8, 4) is 5.75 Å². The lowest BCUT2D eigenvalue weighted by Crippen LogP contribution is -2.17. The first-order chi connectivity index (χ1) is 12.2. The van der Waals surface area contributed by atoms with Crippen LogP contribution in [-0.4, -0.2) is 17.2 Å². The molecule has 0 saturated carbocycles.